The van der Waals surface area contributed by atoms with Crippen molar-refractivity contribution in [3.05, 3.63) is 66.0 Å². The first-order valence-corrected chi connectivity index (χ1v) is 6.17. The van der Waals surface area contributed by atoms with E-state index in [-0.39, 0.29) is 0 Å². The van der Waals surface area contributed by atoms with Gasteiger partial charge in [0.25, 0.3) is 0 Å². The maximum absolute atomic E-state index is 10.4. The van der Waals surface area contributed by atoms with Crippen molar-refractivity contribution in [1.29, 1.82) is 0 Å². The van der Waals surface area contributed by atoms with E-state index in [1.807, 2.05) is 48.5 Å². The number of nitrogens with zero attached hydrogens (tertiary/aromatic N) is 1. The largest absolute Gasteiger partial charge is 0.386 e. The number of benzene rings is 2. The van der Waals surface area contributed by atoms with Crippen molar-refractivity contribution in [1.82, 2.24) is 9.97 Å². The van der Waals surface area contributed by atoms with Crippen molar-refractivity contribution in [3.8, 4) is 0 Å². The van der Waals surface area contributed by atoms with Crippen molar-refractivity contribution >= 4 is 11.0 Å². The van der Waals surface area contributed by atoms with E-state index in [9.17, 15) is 5.11 Å². The molecule has 3 rings (SSSR count). The molecule has 4 nitrogen and oxygen atoms in total. The van der Waals surface area contributed by atoms with Gasteiger partial charge in [-0.25, -0.2) is 4.98 Å². The number of hydrogen-bond acceptors (Lipinski definition) is 3. The van der Waals surface area contributed by atoms with Crippen LogP contribution in [-0.2, 0) is 0 Å². The first kappa shape index (κ1) is 11.9. The summed E-state index contributed by atoms with van der Waals surface area (Å²) >= 11 is 0. The van der Waals surface area contributed by atoms with Gasteiger partial charge in [-0.2, -0.15) is 0 Å². The topological polar surface area (TPSA) is 74.9 Å². The van der Waals surface area contributed by atoms with Gasteiger partial charge in [0.2, 0.25) is 0 Å². The molecule has 1 heterocycles. The molecule has 0 fully saturated rings. The van der Waals surface area contributed by atoms with Gasteiger partial charge in [0.15, 0.2) is 0 Å². The number of hydrogen-bond donors (Lipinski definition) is 3. The van der Waals surface area contributed by atoms with E-state index in [4.69, 9.17) is 5.73 Å². The number of aliphatic hydroxyl groups is 1. The third-order valence-electron chi connectivity index (χ3n) is 3.31. The summed E-state index contributed by atoms with van der Waals surface area (Å²) in [6.07, 6.45) is 0.896. The average Bonchev–Trinajstić information content (AvgIpc) is 2.94. The first-order valence-electron chi connectivity index (χ1n) is 6.17. The van der Waals surface area contributed by atoms with Crippen LogP contribution in [0.15, 0.2) is 54.9 Å². The smallest absolute Gasteiger partial charge is 0.0983 e. The molecule has 4 heteroatoms. The molecular formula is C15H15N3O. The van der Waals surface area contributed by atoms with Gasteiger partial charge in [-0.1, -0.05) is 36.4 Å². The summed E-state index contributed by atoms with van der Waals surface area (Å²) in [6, 6.07) is 14.8. The van der Waals surface area contributed by atoms with Gasteiger partial charge < -0.3 is 15.8 Å². The molecule has 19 heavy (non-hydrogen) atoms. The SMILES string of the molecule is NC(c1ccccc1)C(O)c1ccc2nc[nH]c2c1. The molecule has 0 radical (unpaired) electrons. The lowest BCUT2D eigenvalue weighted by molar-refractivity contribution is 0.147. The Kier molecular flexibility index (Phi) is 3.03. The van der Waals surface area contributed by atoms with Gasteiger partial charge in [0, 0.05) is 0 Å². The van der Waals surface area contributed by atoms with Crippen LogP contribution in [0.4, 0.5) is 0 Å². The zero-order chi connectivity index (χ0) is 13.2. The minimum Gasteiger partial charge on any atom is -0.386 e. The summed E-state index contributed by atoms with van der Waals surface area (Å²) in [5, 5.41) is 10.4. The van der Waals surface area contributed by atoms with Crippen molar-refractivity contribution in [2.75, 3.05) is 0 Å². The quantitative estimate of drug-likeness (QED) is 0.670. The van der Waals surface area contributed by atoms with Crippen molar-refractivity contribution in [2.45, 2.75) is 12.1 Å². The summed E-state index contributed by atoms with van der Waals surface area (Å²) in [7, 11) is 0. The molecule has 0 aliphatic rings. The van der Waals surface area contributed by atoms with Crippen LogP contribution in [0.5, 0.6) is 0 Å². The Morgan fingerprint density at radius 1 is 1.05 bits per heavy atom. The Morgan fingerprint density at radius 2 is 1.84 bits per heavy atom. The highest BCUT2D eigenvalue weighted by atomic mass is 16.3. The summed E-state index contributed by atoms with van der Waals surface area (Å²) in [5.41, 5.74) is 9.59. The molecule has 3 aromatic rings. The molecule has 0 saturated carbocycles. The van der Waals surface area contributed by atoms with Crippen LogP contribution in [0.3, 0.4) is 0 Å². The van der Waals surface area contributed by atoms with E-state index < -0.39 is 12.1 Å². The second-order valence-corrected chi connectivity index (χ2v) is 4.56. The van der Waals surface area contributed by atoms with Gasteiger partial charge in [0.05, 0.1) is 29.5 Å². The van der Waals surface area contributed by atoms with E-state index in [2.05, 4.69) is 9.97 Å². The van der Waals surface area contributed by atoms with Gasteiger partial charge in [0.1, 0.15) is 0 Å². The number of fused-ring (bicyclic) bond motifs is 1. The zero-order valence-corrected chi connectivity index (χ0v) is 10.3. The molecular weight excluding hydrogens is 238 g/mol. The summed E-state index contributed by atoms with van der Waals surface area (Å²) in [5.74, 6) is 0. The highest BCUT2D eigenvalue weighted by Gasteiger charge is 2.18. The maximum atomic E-state index is 10.4. The Labute approximate surface area is 110 Å². The van der Waals surface area contributed by atoms with Crippen LogP contribution in [0, 0.1) is 0 Å². The van der Waals surface area contributed by atoms with Crippen molar-refractivity contribution in [3.63, 3.8) is 0 Å². The molecule has 0 aliphatic carbocycles. The fourth-order valence-electron chi connectivity index (χ4n) is 2.20. The van der Waals surface area contributed by atoms with Crippen LogP contribution < -0.4 is 5.73 Å². The summed E-state index contributed by atoms with van der Waals surface area (Å²) in [6.45, 7) is 0. The number of H-pyrrole nitrogens is 1. The number of nitrogens with two attached hydrogens (primary N) is 1. The second kappa shape index (κ2) is 4.84. The molecule has 2 unspecified atom stereocenters. The van der Waals surface area contributed by atoms with Crippen LogP contribution in [0.25, 0.3) is 11.0 Å². The van der Waals surface area contributed by atoms with Crippen LogP contribution in [0.2, 0.25) is 0 Å². The molecule has 1 aromatic heterocycles. The minimum absolute atomic E-state index is 0.443. The third kappa shape index (κ3) is 2.23. The van der Waals surface area contributed by atoms with Gasteiger partial charge in [-0.05, 0) is 23.3 Å². The number of aromatic amines is 1. The van der Waals surface area contributed by atoms with E-state index in [0.29, 0.717) is 0 Å². The number of rotatable bonds is 3. The van der Waals surface area contributed by atoms with Gasteiger partial charge >= 0.3 is 0 Å². The monoisotopic (exact) mass is 253 g/mol. The molecule has 96 valence electrons. The lowest BCUT2D eigenvalue weighted by Crippen LogP contribution is -2.19. The Bertz CT molecular complexity index is 678. The highest BCUT2D eigenvalue weighted by molar-refractivity contribution is 5.75. The Hall–Kier alpha value is -2.17. The predicted molar refractivity (Wildman–Crippen MR) is 74.4 cm³/mol. The molecule has 0 saturated heterocycles. The first-order chi connectivity index (χ1) is 9.25. The zero-order valence-electron chi connectivity index (χ0n) is 10.3. The highest BCUT2D eigenvalue weighted by Crippen LogP contribution is 2.27. The number of nitrogens with one attached hydrogen (secondary N) is 1. The summed E-state index contributed by atoms with van der Waals surface area (Å²) < 4.78 is 0. The van der Waals surface area contributed by atoms with Crippen LogP contribution in [-0.4, -0.2) is 15.1 Å². The normalized spacial score (nSPS) is 14.4. The van der Waals surface area contributed by atoms with Gasteiger partial charge in [-0.15, -0.1) is 0 Å². The van der Waals surface area contributed by atoms with E-state index in [0.717, 1.165) is 22.2 Å². The molecule has 0 bridgehead atoms. The van der Waals surface area contributed by atoms with Crippen molar-refractivity contribution in [2.24, 2.45) is 5.73 Å². The molecule has 0 amide bonds. The van der Waals surface area contributed by atoms with Crippen molar-refractivity contribution < 1.29 is 5.11 Å². The summed E-state index contributed by atoms with van der Waals surface area (Å²) in [4.78, 5) is 7.18. The minimum atomic E-state index is -0.741. The van der Waals surface area contributed by atoms with E-state index in [1.165, 1.54) is 0 Å². The number of aromatic nitrogens is 2. The number of aliphatic hydroxyl groups excluding tert-OH is 1. The fraction of sp³-hybridized carbons (Fsp3) is 0.133. The molecule has 4 N–H and O–H groups in total. The molecule has 2 aromatic carbocycles. The van der Waals surface area contributed by atoms with Crippen LogP contribution >= 0.6 is 0 Å². The van der Waals surface area contributed by atoms with Gasteiger partial charge in [-0.3, -0.25) is 0 Å². The van der Waals surface area contributed by atoms with E-state index >= 15 is 0 Å². The van der Waals surface area contributed by atoms with Crippen LogP contribution in [0.1, 0.15) is 23.3 Å². The third-order valence-corrected chi connectivity index (χ3v) is 3.31. The van der Waals surface area contributed by atoms with E-state index in [1.54, 1.807) is 6.33 Å². The molecule has 2 atom stereocenters. The average molecular weight is 253 g/mol. The molecule has 0 spiro atoms. The maximum Gasteiger partial charge on any atom is 0.0983 e. The lowest BCUT2D eigenvalue weighted by Gasteiger charge is -2.19. The standard InChI is InChI=1S/C15H15N3O/c16-14(10-4-2-1-3-5-10)15(19)11-6-7-12-13(8-11)18-9-17-12/h1-9,14-15,19H,16H2,(H,17,18). The molecule has 0 aliphatic heterocycles. The predicted octanol–water partition coefficient (Wildman–Crippen LogP) is 2.30. The second-order valence-electron chi connectivity index (χ2n) is 4.56. The Morgan fingerprint density at radius 3 is 2.63 bits per heavy atom. The lowest BCUT2D eigenvalue weighted by atomic mass is 9.96. The fourth-order valence-corrected chi connectivity index (χ4v) is 2.20. The Balaban J connectivity index is 1.92. The number of imidazole rings is 1.